The Balaban J connectivity index is 0.00000400. The van der Waals surface area contributed by atoms with Gasteiger partial charge in [-0.25, -0.2) is 8.42 Å². The SMILES string of the molecule is CC(C)(C)C1CCN(C(=O)C(N)CCS(C)(=O)=O)CC1.Cl. The summed E-state index contributed by atoms with van der Waals surface area (Å²) in [5.74, 6) is 0.484. The Bertz CT molecular complexity index is 438. The topological polar surface area (TPSA) is 80.5 Å². The maximum atomic E-state index is 12.2. The molecule has 1 aliphatic rings. The van der Waals surface area contributed by atoms with Crippen LogP contribution in [0.4, 0.5) is 0 Å². The number of sulfone groups is 1. The van der Waals surface area contributed by atoms with Crippen molar-refractivity contribution in [3.05, 3.63) is 0 Å². The van der Waals surface area contributed by atoms with Crippen LogP contribution in [0.3, 0.4) is 0 Å². The summed E-state index contributed by atoms with van der Waals surface area (Å²) < 4.78 is 22.2. The molecule has 0 spiro atoms. The third kappa shape index (κ3) is 6.98. The van der Waals surface area contributed by atoms with Crippen LogP contribution >= 0.6 is 12.4 Å². The number of carbonyl (C=O) groups is 1. The highest BCUT2D eigenvalue weighted by Gasteiger charge is 2.31. The molecule has 1 saturated heterocycles. The molecule has 7 heteroatoms. The second-order valence-corrected chi connectivity index (χ2v) is 9.25. The van der Waals surface area contributed by atoms with Crippen LogP contribution in [-0.4, -0.2) is 50.4 Å². The number of hydrogen-bond acceptors (Lipinski definition) is 4. The van der Waals surface area contributed by atoms with Crippen molar-refractivity contribution in [2.45, 2.75) is 46.1 Å². The van der Waals surface area contributed by atoms with Crippen molar-refractivity contribution in [3.8, 4) is 0 Å². The van der Waals surface area contributed by atoms with Crippen LogP contribution in [0.2, 0.25) is 0 Å². The van der Waals surface area contributed by atoms with Crippen molar-refractivity contribution in [1.82, 2.24) is 4.90 Å². The highest BCUT2D eigenvalue weighted by atomic mass is 35.5. The number of nitrogens with zero attached hydrogens (tertiary/aromatic N) is 1. The Morgan fingerprint density at radius 3 is 2.14 bits per heavy atom. The van der Waals surface area contributed by atoms with E-state index < -0.39 is 15.9 Å². The number of halogens is 1. The molecular weight excluding hydrogens is 312 g/mol. The lowest BCUT2D eigenvalue weighted by molar-refractivity contribution is -0.134. The van der Waals surface area contributed by atoms with E-state index in [0.29, 0.717) is 5.92 Å². The second kappa shape index (κ2) is 7.79. The molecule has 0 radical (unpaired) electrons. The average Bonchev–Trinajstić information content (AvgIpc) is 2.33. The van der Waals surface area contributed by atoms with Gasteiger partial charge in [0, 0.05) is 19.3 Å². The van der Waals surface area contributed by atoms with Crippen LogP contribution < -0.4 is 5.73 Å². The third-order valence-corrected chi connectivity index (χ3v) is 5.13. The van der Waals surface area contributed by atoms with Gasteiger partial charge >= 0.3 is 0 Å². The number of rotatable bonds is 4. The lowest BCUT2D eigenvalue weighted by Crippen LogP contribution is -2.48. The first-order valence-electron chi connectivity index (χ1n) is 7.23. The average molecular weight is 341 g/mol. The minimum Gasteiger partial charge on any atom is -0.341 e. The van der Waals surface area contributed by atoms with Gasteiger partial charge in [-0.3, -0.25) is 4.79 Å². The molecule has 1 unspecified atom stereocenters. The highest BCUT2D eigenvalue weighted by Crippen LogP contribution is 2.34. The van der Waals surface area contributed by atoms with Gasteiger partial charge in [-0.1, -0.05) is 20.8 Å². The zero-order chi connectivity index (χ0) is 15.6. The molecule has 1 atom stereocenters. The van der Waals surface area contributed by atoms with Crippen molar-refractivity contribution in [1.29, 1.82) is 0 Å². The molecule has 0 aromatic carbocycles. The molecule has 1 amide bonds. The number of carbonyl (C=O) groups excluding carboxylic acids is 1. The molecule has 2 N–H and O–H groups in total. The fourth-order valence-corrected chi connectivity index (χ4v) is 3.35. The van der Waals surface area contributed by atoms with Gasteiger partial charge in [0.1, 0.15) is 9.84 Å². The predicted octanol–water partition coefficient (Wildman–Crippen LogP) is 1.45. The zero-order valence-corrected chi connectivity index (χ0v) is 15.1. The maximum absolute atomic E-state index is 12.2. The van der Waals surface area contributed by atoms with Gasteiger partial charge in [-0.15, -0.1) is 12.4 Å². The van der Waals surface area contributed by atoms with Gasteiger partial charge in [-0.05, 0) is 30.6 Å². The normalized spacial score (nSPS) is 19.0. The number of piperidine rings is 1. The Labute approximate surface area is 135 Å². The van der Waals surface area contributed by atoms with Gasteiger partial charge in [0.15, 0.2) is 0 Å². The number of nitrogens with two attached hydrogens (primary N) is 1. The van der Waals surface area contributed by atoms with E-state index in [1.807, 2.05) is 0 Å². The lowest BCUT2D eigenvalue weighted by Gasteiger charge is -2.39. The van der Waals surface area contributed by atoms with E-state index in [0.717, 1.165) is 25.9 Å². The monoisotopic (exact) mass is 340 g/mol. The summed E-state index contributed by atoms with van der Waals surface area (Å²) in [6.45, 7) is 8.15. The summed E-state index contributed by atoms with van der Waals surface area (Å²) in [5.41, 5.74) is 6.09. The Morgan fingerprint density at radius 1 is 1.29 bits per heavy atom. The number of hydrogen-bond donors (Lipinski definition) is 1. The van der Waals surface area contributed by atoms with Crippen LogP contribution in [0.15, 0.2) is 0 Å². The molecule has 0 aromatic heterocycles. The fourth-order valence-electron chi connectivity index (χ4n) is 2.66. The summed E-state index contributed by atoms with van der Waals surface area (Å²) in [6.07, 6.45) is 3.36. The van der Waals surface area contributed by atoms with E-state index in [4.69, 9.17) is 5.73 Å². The minimum atomic E-state index is -3.06. The Hall–Kier alpha value is -0.330. The summed E-state index contributed by atoms with van der Waals surface area (Å²) in [4.78, 5) is 14.0. The van der Waals surface area contributed by atoms with E-state index >= 15 is 0 Å². The molecule has 0 aliphatic carbocycles. The second-order valence-electron chi connectivity index (χ2n) is 6.99. The quantitative estimate of drug-likeness (QED) is 0.840. The first-order chi connectivity index (χ1) is 9.00. The van der Waals surface area contributed by atoms with Gasteiger partial charge < -0.3 is 10.6 Å². The van der Waals surface area contributed by atoms with Gasteiger partial charge in [0.05, 0.1) is 11.8 Å². The Kier molecular flexibility index (Phi) is 7.67. The standard InChI is InChI=1S/C14H28N2O3S.ClH/c1-14(2,3)11-5-8-16(9-6-11)13(17)12(15)7-10-20(4,18)19;/h11-12H,5-10,15H2,1-4H3;1H. The van der Waals surface area contributed by atoms with E-state index in [1.165, 1.54) is 6.26 Å². The van der Waals surface area contributed by atoms with Crippen LogP contribution in [0.1, 0.15) is 40.0 Å². The molecule has 21 heavy (non-hydrogen) atoms. The fraction of sp³-hybridized carbons (Fsp3) is 0.929. The van der Waals surface area contributed by atoms with Crippen LogP contribution in [0.25, 0.3) is 0 Å². The number of likely N-dealkylation sites (tertiary alicyclic amines) is 1. The van der Waals surface area contributed by atoms with Crippen molar-refractivity contribution >= 4 is 28.2 Å². The molecule has 0 aromatic rings. The van der Waals surface area contributed by atoms with E-state index in [2.05, 4.69) is 20.8 Å². The smallest absolute Gasteiger partial charge is 0.239 e. The molecule has 1 fully saturated rings. The molecule has 0 saturated carbocycles. The molecule has 1 heterocycles. The van der Waals surface area contributed by atoms with Crippen LogP contribution in [-0.2, 0) is 14.6 Å². The zero-order valence-electron chi connectivity index (χ0n) is 13.5. The summed E-state index contributed by atoms with van der Waals surface area (Å²) in [7, 11) is -3.06. The van der Waals surface area contributed by atoms with Crippen molar-refractivity contribution in [2.24, 2.45) is 17.1 Å². The Morgan fingerprint density at radius 2 is 1.76 bits per heavy atom. The summed E-state index contributed by atoms with van der Waals surface area (Å²) in [6, 6.07) is -0.698. The van der Waals surface area contributed by atoms with E-state index in [1.54, 1.807) is 4.90 Å². The maximum Gasteiger partial charge on any atom is 0.239 e. The largest absolute Gasteiger partial charge is 0.341 e. The molecule has 0 bridgehead atoms. The van der Waals surface area contributed by atoms with Gasteiger partial charge in [0.2, 0.25) is 5.91 Å². The van der Waals surface area contributed by atoms with E-state index in [9.17, 15) is 13.2 Å². The van der Waals surface area contributed by atoms with Gasteiger partial charge in [0.25, 0.3) is 0 Å². The van der Waals surface area contributed by atoms with Crippen molar-refractivity contribution in [3.63, 3.8) is 0 Å². The molecule has 126 valence electrons. The van der Waals surface area contributed by atoms with Crippen molar-refractivity contribution < 1.29 is 13.2 Å². The van der Waals surface area contributed by atoms with Crippen LogP contribution in [0.5, 0.6) is 0 Å². The van der Waals surface area contributed by atoms with E-state index in [-0.39, 0.29) is 35.9 Å². The molecule has 1 aliphatic heterocycles. The first kappa shape index (κ1) is 20.7. The summed E-state index contributed by atoms with van der Waals surface area (Å²) in [5, 5.41) is 0. The van der Waals surface area contributed by atoms with Gasteiger partial charge in [-0.2, -0.15) is 0 Å². The first-order valence-corrected chi connectivity index (χ1v) is 9.29. The van der Waals surface area contributed by atoms with Crippen LogP contribution in [0, 0.1) is 11.3 Å². The molecule has 5 nitrogen and oxygen atoms in total. The predicted molar refractivity (Wildman–Crippen MR) is 88.3 cm³/mol. The number of amides is 1. The minimum absolute atomic E-state index is 0. The highest BCUT2D eigenvalue weighted by molar-refractivity contribution is 7.90. The third-order valence-electron chi connectivity index (χ3n) is 4.15. The van der Waals surface area contributed by atoms with Crippen molar-refractivity contribution in [2.75, 3.05) is 25.1 Å². The lowest BCUT2D eigenvalue weighted by atomic mass is 9.75. The molecule has 1 rings (SSSR count). The summed E-state index contributed by atoms with van der Waals surface area (Å²) >= 11 is 0. The molecular formula is C14H29ClN2O3S.